The van der Waals surface area contributed by atoms with Gasteiger partial charge in [-0.15, -0.1) is 0 Å². The van der Waals surface area contributed by atoms with Crippen LogP contribution in [-0.2, 0) is 11.3 Å². The van der Waals surface area contributed by atoms with Crippen LogP contribution < -0.4 is 0 Å². The van der Waals surface area contributed by atoms with E-state index in [0.717, 1.165) is 41.8 Å². The molecule has 1 aliphatic heterocycles. The Labute approximate surface area is 170 Å². The monoisotopic (exact) mass is 393 g/mol. The van der Waals surface area contributed by atoms with E-state index in [1.165, 1.54) is 6.42 Å². The SMILES string of the molecule is CC1CCCCN1C(=O)Cn1c(/C=C/c2ccc(Cl)cc2)nc2ccccc21. The molecule has 0 spiro atoms. The summed E-state index contributed by atoms with van der Waals surface area (Å²) in [5.41, 5.74) is 2.92. The van der Waals surface area contributed by atoms with Crippen molar-refractivity contribution >= 4 is 40.7 Å². The number of carbonyl (C=O) groups excluding carboxylic acids is 1. The molecule has 3 aromatic rings. The number of likely N-dealkylation sites (tertiary alicyclic amines) is 1. The van der Waals surface area contributed by atoms with Crippen LogP contribution in [0.2, 0.25) is 5.02 Å². The zero-order chi connectivity index (χ0) is 19.5. The van der Waals surface area contributed by atoms with Gasteiger partial charge in [0.15, 0.2) is 0 Å². The molecule has 0 radical (unpaired) electrons. The third kappa shape index (κ3) is 3.97. The highest BCUT2D eigenvalue weighted by Crippen LogP contribution is 2.21. The molecule has 1 saturated heterocycles. The van der Waals surface area contributed by atoms with Gasteiger partial charge in [-0.3, -0.25) is 4.79 Å². The van der Waals surface area contributed by atoms with Crippen molar-refractivity contribution in [2.75, 3.05) is 6.54 Å². The molecule has 0 saturated carbocycles. The maximum atomic E-state index is 13.0. The Balaban J connectivity index is 1.65. The van der Waals surface area contributed by atoms with Crippen molar-refractivity contribution in [3.05, 3.63) is 64.9 Å². The number of hydrogen-bond donors (Lipinski definition) is 0. The second kappa shape index (κ2) is 8.19. The van der Waals surface area contributed by atoms with Crippen LogP contribution in [0, 0.1) is 0 Å². The van der Waals surface area contributed by atoms with E-state index in [9.17, 15) is 4.79 Å². The van der Waals surface area contributed by atoms with E-state index in [-0.39, 0.29) is 5.91 Å². The molecule has 1 atom stereocenters. The summed E-state index contributed by atoms with van der Waals surface area (Å²) in [6.45, 7) is 3.30. The minimum Gasteiger partial charge on any atom is -0.338 e. The molecule has 1 unspecified atom stereocenters. The zero-order valence-corrected chi connectivity index (χ0v) is 16.8. The minimum absolute atomic E-state index is 0.163. The summed E-state index contributed by atoms with van der Waals surface area (Å²) in [6, 6.07) is 15.9. The van der Waals surface area contributed by atoms with E-state index in [1.807, 2.05) is 70.1 Å². The Morgan fingerprint density at radius 2 is 1.93 bits per heavy atom. The second-order valence-electron chi connectivity index (χ2n) is 7.36. The minimum atomic E-state index is 0.163. The highest BCUT2D eigenvalue weighted by atomic mass is 35.5. The third-order valence-electron chi connectivity index (χ3n) is 5.40. The maximum absolute atomic E-state index is 13.0. The van der Waals surface area contributed by atoms with Crippen molar-refractivity contribution in [3.8, 4) is 0 Å². The fourth-order valence-electron chi connectivity index (χ4n) is 3.83. The van der Waals surface area contributed by atoms with Gasteiger partial charge in [-0.05, 0) is 62.1 Å². The summed E-state index contributed by atoms with van der Waals surface area (Å²) in [5.74, 6) is 0.950. The Hall–Kier alpha value is -2.59. The lowest BCUT2D eigenvalue weighted by atomic mass is 10.0. The molecular weight excluding hydrogens is 370 g/mol. The third-order valence-corrected chi connectivity index (χ3v) is 5.65. The van der Waals surface area contributed by atoms with E-state index < -0.39 is 0 Å². The fraction of sp³-hybridized carbons (Fsp3) is 0.304. The number of carbonyl (C=O) groups is 1. The highest BCUT2D eigenvalue weighted by molar-refractivity contribution is 6.30. The van der Waals surface area contributed by atoms with Crippen molar-refractivity contribution in [3.63, 3.8) is 0 Å². The molecule has 0 aliphatic carbocycles. The first-order valence-electron chi connectivity index (χ1n) is 9.80. The first-order valence-corrected chi connectivity index (χ1v) is 10.2. The Morgan fingerprint density at radius 3 is 2.71 bits per heavy atom. The van der Waals surface area contributed by atoms with Crippen LogP contribution in [0.15, 0.2) is 48.5 Å². The van der Waals surface area contributed by atoms with Crippen LogP contribution in [0.4, 0.5) is 0 Å². The van der Waals surface area contributed by atoms with E-state index in [0.29, 0.717) is 17.6 Å². The molecule has 4 nitrogen and oxygen atoms in total. The molecule has 2 heterocycles. The lowest BCUT2D eigenvalue weighted by Crippen LogP contribution is -2.43. The van der Waals surface area contributed by atoms with E-state index in [1.54, 1.807) is 0 Å². The van der Waals surface area contributed by atoms with Crippen LogP contribution in [0.5, 0.6) is 0 Å². The average molecular weight is 394 g/mol. The van der Waals surface area contributed by atoms with Crippen LogP contribution in [-0.4, -0.2) is 32.9 Å². The molecule has 5 heteroatoms. The topological polar surface area (TPSA) is 38.1 Å². The van der Waals surface area contributed by atoms with Crippen molar-refractivity contribution in [2.24, 2.45) is 0 Å². The first kappa shape index (κ1) is 18.8. The standard InChI is InChI=1S/C23H24ClN3O/c1-17-6-4-5-15-26(17)23(28)16-27-21-8-3-2-7-20(21)25-22(27)14-11-18-9-12-19(24)13-10-18/h2-3,7-14,17H,4-6,15-16H2,1H3/b14-11+. The Kier molecular flexibility index (Phi) is 5.49. The van der Waals surface area contributed by atoms with E-state index >= 15 is 0 Å². The molecule has 1 aliphatic rings. The van der Waals surface area contributed by atoms with Gasteiger partial charge in [0.2, 0.25) is 5.91 Å². The number of hydrogen-bond acceptors (Lipinski definition) is 2. The molecule has 2 aromatic carbocycles. The summed E-state index contributed by atoms with van der Waals surface area (Å²) >= 11 is 5.97. The van der Waals surface area contributed by atoms with Gasteiger partial charge >= 0.3 is 0 Å². The van der Waals surface area contributed by atoms with Crippen molar-refractivity contribution in [1.82, 2.24) is 14.5 Å². The maximum Gasteiger partial charge on any atom is 0.242 e. The number of aromatic nitrogens is 2. The number of fused-ring (bicyclic) bond motifs is 1. The van der Waals surface area contributed by atoms with Crippen molar-refractivity contribution in [2.45, 2.75) is 38.8 Å². The summed E-state index contributed by atoms with van der Waals surface area (Å²) < 4.78 is 2.02. The highest BCUT2D eigenvalue weighted by Gasteiger charge is 2.24. The van der Waals surface area contributed by atoms with Crippen LogP contribution in [0.3, 0.4) is 0 Å². The Bertz CT molecular complexity index is 1010. The van der Waals surface area contributed by atoms with Crippen molar-refractivity contribution in [1.29, 1.82) is 0 Å². The summed E-state index contributed by atoms with van der Waals surface area (Å²) in [4.78, 5) is 19.8. The number of halogens is 1. The molecule has 1 aromatic heterocycles. The molecule has 0 N–H and O–H groups in total. The average Bonchev–Trinajstić information content (AvgIpc) is 3.05. The van der Waals surface area contributed by atoms with Gasteiger partial charge in [-0.25, -0.2) is 4.98 Å². The quantitative estimate of drug-likeness (QED) is 0.606. The molecule has 1 fully saturated rings. The lowest BCUT2D eigenvalue weighted by molar-refractivity contribution is -0.135. The number of para-hydroxylation sites is 2. The summed E-state index contributed by atoms with van der Waals surface area (Å²) in [6.07, 6.45) is 7.34. The smallest absolute Gasteiger partial charge is 0.242 e. The zero-order valence-electron chi connectivity index (χ0n) is 16.0. The fourth-order valence-corrected chi connectivity index (χ4v) is 3.95. The van der Waals surface area contributed by atoms with Gasteiger partial charge in [0.05, 0.1) is 11.0 Å². The molecule has 0 bridgehead atoms. The molecule has 4 rings (SSSR count). The summed E-state index contributed by atoms with van der Waals surface area (Å²) in [7, 11) is 0. The molecule has 1 amide bonds. The first-order chi connectivity index (χ1) is 13.6. The molecular formula is C23H24ClN3O. The largest absolute Gasteiger partial charge is 0.338 e. The molecule has 144 valence electrons. The number of rotatable bonds is 4. The van der Waals surface area contributed by atoms with Crippen LogP contribution in [0.25, 0.3) is 23.2 Å². The number of amides is 1. The predicted molar refractivity (Wildman–Crippen MR) is 115 cm³/mol. The number of nitrogens with zero attached hydrogens (tertiary/aromatic N) is 3. The van der Waals surface area contributed by atoms with Gasteiger partial charge in [-0.1, -0.05) is 41.9 Å². The van der Waals surface area contributed by atoms with Gasteiger partial charge in [0.1, 0.15) is 12.4 Å². The number of benzene rings is 2. The lowest BCUT2D eigenvalue weighted by Gasteiger charge is -2.33. The van der Waals surface area contributed by atoms with Gasteiger partial charge in [-0.2, -0.15) is 0 Å². The van der Waals surface area contributed by atoms with E-state index in [4.69, 9.17) is 16.6 Å². The second-order valence-corrected chi connectivity index (χ2v) is 7.80. The van der Waals surface area contributed by atoms with Crippen LogP contribution >= 0.6 is 11.6 Å². The molecule has 28 heavy (non-hydrogen) atoms. The van der Waals surface area contributed by atoms with E-state index in [2.05, 4.69) is 6.92 Å². The predicted octanol–water partition coefficient (Wildman–Crippen LogP) is 5.26. The van der Waals surface area contributed by atoms with Gasteiger partial charge in [0, 0.05) is 17.6 Å². The number of piperidine rings is 1. The van der Waals surface area contributed by atoms with Crippen LogP contribution in [0.1, 0.15) is 37.6 Å². The van der Waals surface area contributed by atoms with Crippen molar-refractivity contribution < 1.29 is 4.79 Å². The number of imidazole rings is 1. The van der Waals surface area contributed by atoms with Gasteiger partial charge in [0.25, 0.3) is 0 Å². The Morgan fingerprint density at radius 1 is 1.14 bits per heavy atom. The van der Waals surface area contributed by atoms with Gasteiger partial charge < -0.3 is 9.47 Å². The summed E-state index contributed by atoms with van der Waals surface area (Å²) in [5, 5.41) is 0.714. The normalized spacial score (nSPS) is 17.5.